The summed E-state index contributed by atoms with van der Waals surface area (Å²) in [5.41, 5.74) is -0.891. The van der Waals surface area contributed by atoms with Gasteiger partial charge in [-0.15, -0.1) is 0 Å². The minimum Gasteiger partial charge on any atom is -0.480 e. The fourth-order valence-electron chi connectivity index (χ4n) is 1.38. The zero-order valence-electron chi connectivity index (χ0n) is 9.36. The van der Waals surface area contributed by atoms with Gasteiger partial charge in [-0.25, -0.2) is 0 Å². The summed E-state index contributed by atoms with van der Waals surface area (Å²) in [7, 11) is 0. The van der Waals surface area contributed by atoms with Crippen LogP contribution in [0.15, 0.2) is 0 Å². The molecule has 0 amide bonds. The number of aliphatic hydroxyl groups excluding tert-OH is 2. The Morgan fingerprint density at radius 2 is 1.87 bits per heavy atom. The lowest BCUT2D eigenvalue weighted by molar-refractivity contribution is -0.140. The third-order valence-electron chi connectivity index (χ3n) is 2.64. The molecule has 1 atom stereocenters. The molecule has 0 saturated carbocycles. The van der Waals surface area contributed by atoms with E-state index >= 15 is 0 Å². The standard InChI is InChI=1S/C10H21NO4/c1-3-5-8(9(14)15)11-10(4-2,6-12)7-13/h8,11-13H,3-7H2,1-2H3,(H,14,15). The van der Waals surface area contributed by atoms with Crippen LogP contribution in [0, 0.1) is 0 Å². The third kappa shape index (κ3) is 4.15. The number of nitrogens with one attached hydrogen (secondary N) is 1. The van der Waals surface area contributed by atoms with Crippen LogP contribution in [0.5, 0.6) is 0 Å². The van der Waals surface area contributed by atoms with Gasteiger partial charge in [-0.05, 0) is 12.8 Å². The highest BCUT2D eigenvalue weighted by Gasteiger charge is 2.31. The Balaban J connectivity index is 4.52. The van der Waals surface area contributed by atoms with Crippen molar-refractivity contribution in [1.29, 1.82) is 0 Å². The van der Waals surface area contributed by atoms with Crippen LogP contribution in [0.3, 0.4) is 0 Å². The number of carboxylic acids is 1. The molecule has 0 aromatic rings. The molecule has 0 heterocycles. The van der Waals surface area contributed by atoms with E-state index in [-0.39, 0.29) is 13.2 Å². The molecule has 5 nitrogen and oxygen atoms in total. The van der Waals surface area contributed by atoms with Crippen LogP contribution in [0.25, 0.3) is 0 Å². The summed E-state index contributed by atoms with van der Waals surface area (Å²) in [6.45, 7) is 3.15. The Morgan fingerprint density at radius 1 is 1.33 bits per heavy atom. The van der Waals surface area contributed by atoms with Gasteiger partial charge in [0.2, 0.25) is 0 Å². The Hall–Kier alpha value is -0.650. The molecule has 90 valence electrons. The summed E-state index contributed by atoms with van der Waals surface area (Å²) >= 11 is 0. The highest BCUT2D eigenvalue weighted by atomic mass is 16.4. The summed E-state index contributed by atoms with van der Waals surface area (Å²) in [6.07, 6.45) is 1.70. The molecule has 0 fully saturated rings. The quantitative estimate of drug-likeness (QED) is 0.460. The van der Waals surface area contributed by atoms with Crippen molar-refractivity contribution in [2.45, 2.75) is 44.7 Å². The highest BCUT2D eigenvalue weighted by Crippen LogP contribution is 2.11. The first-order valence-electron chi connectivity index (χ1n) is 5.27. The molecular formula is C10H21NO4. The predicted octanol–water partition coefficient (Wildman–Crippen LogP) is -0.0373. The van der Waals surface area contributed by atoms with Crippen LogP contribution in [-0.2, 0) is 4.79 Å². The number of aliphatic carboxylic acids is 1. The molecule has 0 saturated heterocycles. The fourth-order valence-corrected chi connectivity index (χ4v) is 1.38. The molecule has 0 spiro atoms. The lowest BCUT2D eigenvalue weighted by Gasteiger charge is -2.32. The van der Waals surface area contributed by atoms with Crippen LogP contribution in [0.1, 0.15) is 33.1 Å². The van der Waals surface area contributed by atoms with Gasteiger partial charge in [0.1, 0.15) is 6.04 Å². The van der Waals surface area contributed by atoms with Gasteiger partial charge in [-0.1, -0.05) is 20.3 Å². The van der Waals surface area contributed by atoms with E-state index in [0.29, 0.717) is 12.8 Å². The van der Waals surface area contributed by atoms with E-state index in [2.05, 4.69) is 5.32 Å². The highest BCUT2D eigenvalue weighted by molar-refractivity contribution is 5.73. The smallest absolute Gasteiger partial charge is 0.320 e. The number of carbonyl (C=O) groups is 1. The molecule has 0 aliphatic rings. The van der Waals surface area contributed by atoms with Gasteiger partial charge >= 0.3 is 5.97 Å². The van der Waals surface area contributed by atoms with Gasteiger partial charge in [0.15, 0.2) is 0 Å². The number of hydrogen-bond donors (Lipinski definition) is 4. The zero-order valence-corrected chi connectivity index (χ0v) is 9.36. The van der Waals surface area contributed by atoms with Gasteiger partial charge in [-0.3, -0.25) is 10.1 Å². The molecule has 0 rings (SSSR count). The topological polar surface area (TPSA) is 89.8 Å². The number of hydrogen-bond acceptors (Lipinski definition) is 4. The molecule has 0 aromatic carbocycles. The van der Waals surface area contributed by atoms with E-state index in [1.165, 1.54) is 0 Å². The van der Waals surface area contributed by atoms with Crippen LogP contribution in [0.2, 0.25) is 0 Å². The molecule has 4 N–H and O–H groups in total. The van der Waals surface area contributed by atoms with Crippen LogP contribution >= 0.6 is 0 Å². The molecule has 0 bridgehead atoms. The molecule has 0 radical (unpaired) electrons. The number of rotatable bonds is 8. The van der Waals surface area contributed by atoms with Crippen molar-refractivity contribution in [3.63, 3.8) is 0 Å². The molecule has 5 heteroatoms. The number of carboxylic acid groups (broad SMARTS) is 1. The van der Waals surface area contributed by atoms with E-state index in [1.54, 1.807) is 6.92 Å². The molecule has 0 aromatic heterocycles. The maximum atomic E-state index is 10.9. The van der Waals surface area contributed by atoms with Crippen molar-refractivity contribution < 1.29 is 20.1 Å². The molecular weight excluding hydrogens is 198 g/mol. The van der Waals surface area contributed by atoms with Crippen molar-refractivity contribution in [3.8, 4) is 0 Å². The largest absolute Gasteiger partial charge is 0.480 e. The van der Waals surface area contributed by atoms with E-state index in [1.807, 2.05) is 6.92 Å². The second kappa shape index (κ2) is 6.76. The Labute approximate surface area is 90.1 Å². The Kier molecular flexibility index (Phi) is 6.47. The molecule has 0 aliphatic carbocycles. The van der Waals surface area contributed by atoms with Crippen LogP contribution < -0.4 is 5.32 Å². The first kappa shape index (κ1) is 14.3. The lowest BCUT2D eigenvalue weighted by atomic mass is 9.96. The van der Waals surface area contributed by atoms with E-state index in [0.717, 1.165) is 6.42 Å². The third-order valence-corrected chi connectivity index (χ3v) is 2.64. The zero-order chi connectivity index (χ0) is 11.9. The Morgan fingerprint density at radius 3 is 2.13 bits per heavy atom. The predicted molar refractivity (Wildman–Crippen MR) is 56.7 cm³/mol. The number of aliphatic hydroxyl groups is 2. The minimum atomic E-state index is -0.948. The van der Waals surface area contributed by atoms with Crippen LogP contribution in [0.4, 0.5) is 0 Å². The summed E-state index contributed by atoms with van der Waals surface area (Å²) < 4.78 is 0. The van der Waals surface area contributed by atoms with Crippen molar-refractivity contribution in [1.82, 2.24) is 5.32 Å². The van der Waals surface area contributed by atoms with Gasteiger partial charge in [0.25, 0.3) is 0 Å². The van der Waals surface area contributed by atoms with E-state index < -0.39 is 17.6 Å². The monoisotopic (exact) mass is 219 g/mol. The molecule has 15 heavy (non-hydrogen) atoms. The second-order valence-corrected chi connectivity index (χ2v) is 3.77. The van der Waals surface area contributed by atoms with Crippen molar-refractivity contribution in [2.75, 3.05) is 13.2 Å². The summed E-state index contributed by atoms with van der Waals surface area (Å²) in [4.78, 5) is 10.9. The average Bonchev–Trinajstić information content (AvgIpc) is 2.24. The molecule has 0 aliphatic heterocycles. The van der Waals surface area contributed by atoms with Gasteiger partial charge in [-0.2, -0.15) is 0 Å². The molecule has 1 unspecified atom stereocenters. The minimum absolute atomic E-state index is 0.270. The second-order valence-electron chi connectivity index (χ2n) is 3.77. The van der Waals surface area contributed by atoms with E-state index in [4.69, 9.17) is 15.3 Å². The van der Waals surface area contributed by atoms with Gasteiger partial charge < -0.3 is 15.3 Å². The van der Waals surface area contributed by atoms with Gasteiger partial charge in [0, 0.05) is 0 Å². The first-order chi connectivity index (χ1) is 7.05. The Bertz CT molecular complexity index is 184. The SMILES string of the molecule is CCCC(NC(CC)(CO)CO)C(=O)O. The van der Waals surface area contributed by atoms with E-state index in [9.17, 15) is 4.79 Å². The fraction of sp³-hybridized carbons (Fsp3) is 0.900. The normalized spacial score (nSPS) is 13.9. The van der Waals surface area contributed by atoms with Gasteiger partial charge in [0.05, 0.1) is 18.8 Å². The summed E-state index contributed by atoms with van der Waals surface area (Å²) in [5.74, 6) is -0.948. The van der Waals surface area contributed by atoms with Crippen molar-refractivity contribution in [2.24, 2.45) is 0 Å². The summed E-state index contributed by atoms with van der Waals surface area (Å²) in [6, 6.07) is -0.714. The van der Waals surface area contributed by atoms with Crippen molar-refractivity contribution >= 4 is 5.97 Å². The first-order valence-corrected chi connectivity index (χ1v) is 5.27. The van der Waals surface area contributed by atoms with Crippen molar-refractivity contribution in [3.05, 3.63) is 0 Å². The maximum absolute atomic E-state index is 10.9. The summed E-state index contributed by atoms with van der Waals surface area (Å²) in [5, 5.41) is 30.1. The maximum Gasteiger partial charge on any atom is 0.320 e. The average molecular weight is 219 g/mol. The lowest BCUT2D eigenvalue weighted by Crippen LogP contribution is -2.57. The van der Waals surface area contributed by atoms with Crippen LogP contribution in [-0.4, -0.2) is 46.1 Å².